The first-order chi connectivity index (χ1) is 10.9. The molecule has 2 N–H and O–H groups in total. The van der Waals surface area contributed by atoms with Crippen molar-refractivity contribution in [1.82, 2.24) is 8.96 Å². The van der Waals surface area contributed by atoms with Gasteiger partial charge >= 0.3 is 0 Å². The van der Waals surface area contributed by atoms with E-state index in [1.807, 2.05) is 13.0 Å². The Bertz CT molecular complexity index is 980. The van der Waals surface area contributed by atoms with Crippen molar-refractivity contribution in [2.75, 3.05) is 6.54 Å². The van der Waals surface area contributed by atoms with Crippen molar-refractivity contribution in [3.8, 4) is 0 Å². The minimum atomic E-state index is -3.77. The van der Waals surface area contributed by atoms with Crippen LogP contribution in [0.4, 0.5) is 0 Å². The van der Waals surface area contributed by atoms with Gasteiger partial charge in [-0.25, -0.2) is 17.4 Å². The number of benzene rings is 1. The lowest BCUT2D eigenvalue weighted by Crippen LogP contribution is -2.12. The van der Waals surface area contributed by atoms with Gasteiger partial charge < -0.3 is 5.73 Å². The molecule has 0 fully saturated rings. The molecular formula is C16H16ClN3O2S. The predicted octanol–water partition coefficient (Wildman–Crippen LogP) is 2.74. The molecule has 7 heteroatoms. The molecule has 0 bridgehead atoms. The van der Waals surface area contributed by atoms with Crippen LogP contribution in [0.5, 0.6) is 0 Å². The lowest BCUT2D eigenvalue weighted by atomic mass is 10.2. The summed E-state index contributed by atoms with van der Waals surface area (Å²) >= 11 is 6.07. The fraction of sp³-hybridized carbons (Fsp3) is 0.188. The van der Waals surface area contributed by atoms with Crippen molar-refractivity contribution < 1.29 is 8.42 Å². The number of hydrogen-bond acceptors (Lipinski definition) is 4. The maximum atomic E-state index is 13.0. The summed E-state index contributed by atoms with van der Waals surface area (Å²) in [6, 6.07) is 8.33. The van der Waals surface area contributed by atoms with E-state index in [4.69, 9.17) is 17.3 Å². The Kier molecular flexibility index (Phi) is 4.14. The molecule has 23 heavy (non-hydrogen) atoms. The third-order valence-electron chi connectivity index (χ3n) is 3.73. The second-order valence-electron chi connectivity index (χ2n) is 5.28. The molecule has 0 atom stereocenters. The van der Waals surface area contributed by atoms with Crippen molar-refractivity contribution in [3.63, 3.8) is 0 Å². The number of rotatable bonds is 4. The van der Waals surface area contributed by atoms with Gasteiger partial charge in [-0.05, 0) is 55.3 Å². The van der Waals surface area contributed by atoms with Crippen molar-refractivity contribution >= 4 is 32.7 Å². The standard InChI is InChI=1S/C16H16ClN3O2S/c1-11-4-5-13(9-15(11)17)23(21,22)20-10-12(6-7-18)14-3-2-8-19-16(14)20/h2-5,8-10H,6-7,18H2,1H3. The molecule has 120 valence electrons. The van der Waals surface area contributed by atoms with Gasteiger partial charge in [-0.1, -0.05) is 17.7 Å². The molecule has 0 aliphatic heterocycles. The second-order valence-corrected chi connectivity index (χ2v) is 7.50. The SMILES string of the molecule is Cc1ccc(S(=O)(=O)n2cc(CCN)c3cccnc32)cc1Cl. The summed E-state index contributed by atoms with van der Waals surface area (Å²) in [5.74, 6) is 0. The van der Waals surface area contributed by atoms with E-state index in [0.29, 0.717) is 23.6 Å². The van der Waals surface area contributed by atoms with Crippen molar-refractivity contribution in [1.29, 1.82) is 0 Å². The first-order valence-electron chi connectivity index (χ1n) is 7.12. The molecule has 0 spiro atoms. The van der Waals surface area contributed by atoms with E-state index in [1.54, 1.807) is 30.6 Å². The molecule has 0 unspecified atom stereocenters. The maximum absolute atomic E-state index is 13.0. The molecule has 0 saturated heterocycles. The van der Waals surface area contributed by atoms with Gasteiger partial charge in [0, 0.05) is 22.8 Å². The average Bonchev–Trinajstić information content (AvgIpc) is 2.90. The molecular weight excluding hydrogens is 334 g/mol. The van der Waals surface area contributed by atoms with Crippen LogP contribution in [0.25, 0.3) is 11.0 Å². The zero-order valence-electron chi connectivity index (χ0n) is 12.5. The third kappa shape index (κ3) is 2.73. The van der Waals surface area contributed by atoms with Gasteiger partial charge in [-0.15, -0.1) is 0 Å². The Balaban J connectivity index is 2.24. The molecule has 2 aromatic heterocycles. The number of nitrogens with two attached hydrogens (primary N) is 1. The largest absolute Gasteiger partial charge is 0.330 e. The zero-order valence-corrected chi connectivity index (χ0v) is 14.1. The summed E-state index contributed by atoms with van der Waals surface area (Å²) in [7, 11) is -3.77. The molecule has 0 saturated carbocycles. The minimum absolute atomic E-state index is 0.134. The van der Waals surface area contributed by atoms with E-state index in [1.165, 1.54) is 10.0 Å². The monoisotopic (exact) mass is 349 g/mol. The molecule has 0 amide bonds. The van der Waals surface area contributed by atoms with Crippen molar-refractivity contribution in [2.24, 2.45) is 5.73 Å². The smallest absolute Gasteiger partial charge is 0.269 e. The van der Waals surface area contributed by atoms with Crippen LogP contribution >= 0.6 is 11.6 Å². The van der Waals surface area contributed by atoms with Gasteiger partial charge in [-0.3, -0.25) is 0 Å². The van der Waals surface area contributed by atoms with Gasteiger partial charge in [0.15, 0.2) is 5.65 Å². The van der Waals surface area contributed by atoms with Crippen LogP contribution in [0.1, 0.15) is 11.1 Å². The highest BCUT2D eigenvalue weighted by atomic mass is 35.5. The average molecular weight is 350 g/mol. The molecule has 0 radical (unpaired) electrons. The van der Waals surface area contributed by atoms with Crippen LogP contribution in [0.3, 0.4) is 0 Å². The Morgan fingerprint density at radius 3 is 2.78 bits per heavy atom. The zero-order chi connectivity index (χ0) is 16.6. The highest BCUT2D eigenvalue weighted by molar-refractivity contribution is 7.90. The van der Waals surface area contributed by atoms with E-state index >= 15 is 0 Å². The lowest BCUT2D eigenvalue weighted by molar-refractivity contribution is 0.588. The third-order valence-corrected chi connectivity index (χ3v) is 5.78. The fourth-order valence-electron chi connectivity index (χ4n) is 2.48. The number of hydrogen-bond donors (Lipinski definition) is 1. The van der Waals surface area contributed by atoms with E-state index in [9.17, 15) is 8.42 Å². The van der Waals surface area contributed by atoms with Crippen LogP contribution in [-0.2, 0) is 16.4 Å². The topological polar surface area (TPSA) is 78.0 Å². The maximum Gasteiger partial charge on any atom is 0.269 e. The second kappa shape index (κ2) is 5.96. The van der Waals surface area contributed by atoms with Crippen LogP contribution in [-0.4, -0.2) is 23.9 Å². The summed E-state index contributed by atoms with van der Waals surface area (Å²) in [6.07, 6.45) is 3.75. The summed E-state index contributed by atoms with van der Waals surface area (Å²) in [6.45, 7) is 2.26. The first-order valence-corrected chi connectivity index (χ1v) is 8.93. The van der Waals surface area contributed by atoms with E-state index < -0.39 is 10.0 Å². The van der Waals surface area contributed by atoms with E-state index in [2.05, 4.69) is 4.98 Å². The van der Waals surface area contributed by atoms with Gasteiger partial charge in [0.1, 0.15) is 0 Å². The summed E-state index contributed by atoms with van der Waals surface area (Å²) in [5.41, 5.74) is 7.70. The number of halogens is 1. The predicted molar refractivity (Wildman–Crippen MR) is 91.3 cm³/mol. The number of pyridine rings is 1. The normalized spacial score (nSPS) is 12.0. The molecule has 5 nitrogen and oxygen atoms in total. The van der Waals surface area contributed by atoms with Gasteiger partial charge in [0.2, 0.25) is 0 Å². The van der Waals surface area contributed by atoms with Crippen molar-refractivity contribution in [3.05, 3.63) is 58.9 Å². The number of aryl methyl sites for hydroxylation is 1. The lowest BCUT2D eigenvalue weighted by Gasteiger charge is -2.08. The van der Waals surface area contributed by atoms with Gasteiger partial charge in [0.25, 0.3) is 10.0 Å². The highest BCUT2D eigenvalue weighted by Gasteiger charge is 2.22. The highest BCUT2D eigenvalue weighted by Crippen LogP contribution is 2.27. The number of nitrogens with zero attached hydrogens (tertiary/aromatic N) is 2. The summed E-state index contributed by atoms with van der Waals surface area (Å²) in [5, 5.41) is 1.21. The Hall–Kier alpha value is -1.89. The number of fused-ring (bicyclic) bond motifs is 1. The number of aromatic nitrogens is 2. The summed E-state index contributed by atoms with van der Waals surface area (Å²) < 4.78 is 27.1. The molecule has 2 heterocycles. The van der Waals surface area contributed by atoms with Gasteiger partial charge in [-0.2, -0.15) is 0 Å². The quantitative estimate of drug-likeness (QED) is 0.785. The molecule has 0 aliphatic rings. The van der Waals surface area contributed by atoms with Crippen LogP contribution in [0.2, 0.25) is 5.02 Å². The van der Waals surface area contributed by atoms with E-state index in [0.717, 1.165) is 16.5 Å². The van der Waals surface area contributed by atoms with Crippen LogP contribution in [0.15, 0.2) is 47.6 Å². The van der Waals surface area contributed by atoms with Gasteiger partial charge in [0.05, 0.1) is 4.90 Å². The minimum Gasteiger partial charge on any atom is -0.330 e. The Morgan fingerprint density at radius 2 is 2.09 bits per heavy atom. The first kappa shape index (κ1) is 16.0. The Labute approximate surface area is 139 Å². The molecule has 3 rings (SSSR count). The van der Waals surface area contributed by atoms with Crippen LogP contribution in [0, 0.1) is 6.92 Å². The molecule has 3 aromatic rings. The summed E-state index contributed by atoms with van der Waals surface area (Å²) in [4.78, 5) is 4.36. The molecule has 1 aromatic carbocycles. The molecule has 0 aliphatic carbocycles. The fourth-order valence-corrected chi connectivity index (χ4v) is 4.10. The Morgan fingerprint density at radius 1 is 1.30 bits per heavy atom. The van der Waals surface area contributed by atoms with E-state index in [-0.39, 0.29) is 4.90 Å². The van der Waals surface area contributed by atoms with Crippen LogP contribution < -0.4 is 5.73 Å². The van der Waals surface area contributed by atoms with Crippen molar-refractivity contribution in [2.45, 2.75) is 18.2 Å².